The molecule has 0 radical (unpaired) electrons. The van der Waals surface area contributed by atoms with Gasteiger partial charge in [-0.05, 0) is 30.5 Å². The summed E-state index contributed by atoms with van der Waals surface area (Å²) in [7, 11) is 0. The predicted molar refractivity (Wildman–Crippen MR) is 81.1 cm³/mol. The Labute approximate surface area is 116 Å². The van der Waals surface area contributed by atoms with Crippen LogP contribution in [0.15, 0.2) is 46.6 Å². The smallest absolute Gasteiger partial charge is 0.264 e. The monoisotopic (exact) mass is 269 g/mol. The van der Waals surface area contributed by atoms with Gasteiger partial charge in [-0.25, -0.2) is 0 Å². The van der Waals surface area contributed by atoms with Crippen molar-refractivity contribution in [2.45, 2.75) is 20.3 Å². The molecule has 3 rings (SSSR count). The van der Waals surface area contributed by atoms with E-state index in [1.54, 1.807) is 11.3 Å². The number of fused-ring (bicyclic) bond motifs is 1. The van der Waals surface area contributed by atoms with Gasteiger partial charge in [0.1, 0.15) is 4.83 Å². The van der Waals surface area contributed by atoms with E-state index in [1.165, 1.54) is 0 Å². The molecule has 0 amide bonds. The highest BCUT2D eigenvalue weighted by atomic mass is 32.1. The molecule has 0 atom stereocenters. The van der Waals surface area contributed by atoms with E-state index in [9.17, 15) is 4.79 Å². The van der Waals surface area contributed by atoms with Crippen LogP contribution in [0, 0.1) is 6.92 Å². The lowest BCUT2D eigenvalue weighted by atomic mass is 10.00. The van der Waals surface area contributed by atoms with Crippen molar-refractivity contribution in [3.8, 4) is 11.1 Å². The summed E-state index contributed by atoms with van der Waals surface area (Å²) in [4.78, 5) is 13.8. The molecule has 3 heteroatoms. The molecule has 2 nitrogen and oxygen atoms in total. The zero-order valence-corrected chi connectivity index (χ0v) is 11.8. The maximum atomic E-state index is 12.8. The van der Waals surface area contributed by atoms with Crippen LogP contribution in [0.25, 0.3) is 16.0 Å². The van der Waals surface area contributed by atoms with E-state index in [2.05, 4.69) is 13.0 Å². The molecule has 2 aromatic heterocycles. The number of nitrogens with zero attached hydrogens (tertiary/aromatic N) is 1. The molecule has 3 aromatic rings. The molecule has 0 bridgehead atoms. The lowest BCUT2D eigenvalue weighted by Crippen LogP contribution is -2.17. The van der Waals surface area contributed by atoms with E-state index in [-0.39, 0.29) is 5.56 Å². The van der Waals surface area contributed by atoms with Crippen molar-refractivity contribution in [3.05, 3.63) is 63.4 Å². The molecule has 0 saturated carbocycles. The Hall–Kier alpha value is -1.87. The van der Waals surface area contributed by atoms with Crippen molar-refractivity contribution in [3.63, 3.8) is 0 Å². The maximum absolute atomic E-state index is 12.8. The first kappa shape index (κ1) is 12.2. The summed E-state index contributed by atoms with van der Waals surface area (Å²) < 4.78 is 1.81. The van der Waals surface area contributed by atoms with Crippen molar-refractivity contribution in [2.75, 3.05) is 0 Å². The molecule has 0 fully saturated rings. The fourth-order valence-electron chi connectivity index (χ4n) is 2.45. The third kappa shape index (κ3) is 1.90. The first-order valence-corrected chi connectivity index (χ1v) is 7.28. The van der Waals surface area contributed by atoms with Crippen LogP contribution in [0.1, 0.15) is 18.2 Å². The van der Waals surface area contributed by atoms with Crippen molar-refractivity contribution < 1.29 is 0 Å². The summed E-state index contributed by atoms with van der Waals surface area (Å²) in [5, 5.41) is 2.03. The first-order valence-electron chi connectivity index (χ1n) is 6.40. The second kappa shape index (κ2) is 4.67. The van der Waals surface area contributed by atoms with Gasteiger partial charge in [-0.15, -0.1) is 11.3 Å². The molecule has 0 N–H and O–H groups in total. The molecule has 0 spiro atoms. The SMILES string of the molecule is CCc1cc2scc(C)n2c(=O)c1-c1ccccc1. The summed E-state index contributed by atoms with van der Waals surface area (Å²) in [6, 6.07) is 12.1. The van der Waals surface area contributed by atoms with Crippen LogP contribution in [0.2, 0.25) is 0 Å². The minimum Gasteiger partial charge on any atom is -0.271 e. The van der Waals surface area contributed by atoms with Crippen molar-refractivity contribution >= 4 is 16.2 Å². The van der Waals surface area contributed by atoms with Crippen LogP contribution >= 0.6 is 11.3 Å². The number of thiazole rings is 1. The molecule has 96 valence electrons. The zero-order valence-electron chi connectivity index (χ0n) is 11.0. The number of pyridine rings is 1. The third-order valence-electron chi connectivity index (χ3n) is 3.40. The second-order valence-electron chi connectivity index (χ2n) is 4.62. The molecule has 19 heavy (non-hydrogen) atoms. The lowest BCUT2D eigenvalue weighted by Gasteiger charge is -2.09. The van der Waals surface area contributed by atoms with Crippen LogP contribution in [0.4, 0.5) is 0 Å². The first-order chi connectivity index (χ1) is 9.22. The number of benzene rings is 1. The Morgan fingerprint density at radius 2 is 1.95 bits per heavy atom. The van der Waals surface area contributed by atoms with Gasteiger partial charge in [0, 0.05) is 11.1 Å². The Balaban J connectivity index is 2.43. The van der Waals surface area contributed by atoms with E-state index in [4.69, 9.17) is 0 Å². The van der Waals surface area contributed by atoms with Crippen LogP contribution < -0.4 is 5.56 Å². The highest BCUT2D eigenvalue weighted by Gasteiger charge is 2.13. The standard InChI is InChI=1S/C16H15NOS/c1-3-12-9-14-17(11(2)10-19-14)16(18)15(12)13-7-5-4-6-8-13/h4-10H,3H2,1-2H3. The van der Waals surface area contributed by atoms with Gasteiger partial charge < -0.3 is 0 Å². The number of hydrogen-bond donors (Lipinski definition) is 0. The quantitative estimate of drug-likeness (QED) is 0.691. The zero-order chi connectivity index (χ0) is 13.4. The summed E-state index contributed by atoms with van der Waals surface area (Å²) in [6.45, 7) is 4.07. The topological polar surface area (TPSA) is 21.5 Å². The molecule has 1 aromatic carbocycles. The highest BCUT2D eigenvalue weighted by Crippen LogP contribution is 2.24. The second-order valence-corrected chi connectivity index (χ2v) is 5.51. The molecular formula is C16H15NOS. The van der Waals surface area contributed by atoms with Crippen molar-refractivity contribution in [1.82, 2.24) is 4.40 Å². The van der Waals surface area contributed by atoms with Gasteiger partial charge in [-0.1, -0.05) is 37.3 Å². The normalized spacial score (nSPS) is 11.1. The van der Waals surface area contributed by atoms with Crippen LogP contribution in [-0.2, 0) is 6.42 Å². The molecule has 0 unspecified atom stereocenters. The number of aryl methyl sites for hydroxylation is 2. The van der Waals surface area contributed by atoms with Gasteiger partial charge >= 0.3 is 0 Å². The molecule has 0 aliphatic rings. The van der Waals surface area contributed by atoms with E-state index >= 15 is 0 Å². The van der Waals surface area contributed by atoms with Crippen molar-refractivity contribution in [2.24, 2.45) is 0 Å². The fraction of sp³-hybridized carbons (Fsp3) is 0.188. The Kier molecular flexibility index (Phi) is 2.99. The van der Waals surface area contributed by atoms with Gasteiger partial charge in [-0.3, -0.25) is 9.20 Å². The largest absolute Gasteiger partial charge is 0.271 e. The summed E-state index contributed by atoms with van der Waals surface area (Å²) >= 11 is 1.62. The van der Waals surface area contributed by atoms with Crippen molar-refractivity contribution in [1.29, 1.82) is 0 Å². The summed E-state index contributed by atoms with van der Waals surface area (Å²) in [6.07, 6.45) is 0.868. The molecule has 0 aliphatic heterocycles. The van der Waals surface area contributed by atoms with Crippen LogP contribution in [0.5, 0.6) is 0 Å². The third-order valence-corrected chi connectivity index (χ3v) is 4.40. The fourth-order valence-corrected chi connectivity index (χ4v) is 3.39. The van der Waals surface area contributed by atoms with Gasteiger partial charge in [-0.2, -0.15) is 0 Å². The molecule has 0 aliphatic carbocycles. The van der Waals surface area contributed by atoms with Gasteiger partial charge in [0.15, 0.2) is 0 Å². The van der Waals surface area contributed by atoms with Gasteiger partial charge in [0.2, 0.25) is 0 Å². The number of hydrogen-bond acceptors (Lipinski definition) is 2. The maximum Gasteiger partial charge on any atom is 0.264 e. The highest BCUT2D eigenvalue weighted by molar-refractivity contribution is 7.15. The van der Waals surface area contributed by atoms with E-state index in [0.717, 1.165) is 33.6 Å². The minimum absolute atomic E-state index is 0.0966. The Morgan fingerprint density at radius 1 is 1.21 bits per heavy atom. The average Bonchev–Trinajstić information content (AvgIpc) is 2.81. The number of aromatic nitrogens is 1. The van der Waals surface area contributed by atoms with Crippen LogP contribution in [0.3, 0.4) is 0 Å². The van der Waals surface area contributed by atoms with E-state index in [1.807, 2.05) is 47.0 Å². The Morgan fingerprint density at radius 3 is 2.63 bits per heavy atom. The lowest BCUT2D eigenvalue weighted by molar-refractivity contribution is 1.03. The van der Waals surface area contributed by atoms with E-state index < -0.39 is 0 Å². The van der Waals surface area contributed by atoms with Crippen LogP contribution in [-0.4, -0.2) is 4.40 Å². The van der Waals surface area contributed by atoms with Gasteiger partial charge in [0.25, 0.3) is 5.56 Å². The molecule has 0 saturated heterocycles. The summed E-state index contributed by atoms with van der Waals surface area (Å²) in [5.41, 5.74) is 4.06. The molecular weight excluding hydrogens is 254 g/mol. The van der Waals surface area contributed by atoms with Gasteiger partial charge in [0.05, 0.1) is 5.56 Å². The number of rotatable bonds is 2. The Bertz CT molecular complexity index is 784. The van der Waals surface area contributed by atoms with E-state index in [0.29, 0.717) is 0 Å². The minimum atomic E-state index is 0.0966. The average molecular weight is 269 g/mol. The molecule has 2 heterocycles. The summed E-state index contributed by atoms with van der Waals surface area (Å²) in [5.74, 6) is 0. The predicted octanol–water partition coefficient (Wildman–Crippen LogP) is 3.90.